The Morgan fingerprint density at radius 1 is 1.71 bits per heavy atom. The van der Waals surface area contributed by atoms with Crippen LogP contribution in [-0.4, -0.2) is 52.3 Å². The molecule has 17 heavy (non-hydrogen) atoms. The maximum atomic E-state index is 11.3. The van der Waals surface area contributed by atoms with Gasteiger partial charge in [-0.3, -0.25) is 9.62 Å². The lowest BCUT2D eigenvalue weighted by atomic mass is 10.2. The average Bonchev–Trinajstić information content (AvgIpc) is 2.29. The molecule has 98 valence electrons. The Labute approximate surface area is 105 Å². The van der Waals surface area contributed by atoms with Crippen LogP contribution in [0.1, 0.15) is 13.8 Å². The highest BCUT2D eigenvalue weighted by molar-refractivity contribution is 7.85. The summed E-state index contributed by atoms with van der Waals surface area (Å²) >= 11 is 0. The molecule has 0 amide bonds. The molecule has 1 aliphatic rings. The van der Waals surface area contributed by atoms with E-state index in [0.717, 1.165) is 0 Å². The molecule has 0 aromatic heterocycles. The molecule has 1 rings (SSSR count). The van der Waals surface area contributed by atoms with Crippen LogP contribution in [0.3, 0.4) is 0 Å². The third-order valence-corrected chi connectivity index (χ3v) is 3.95. The summed E-state index contributed by atoms with van der Waals surface area (Å²) < 4.78 is 16.6. The predicted molar refractivity (Wildman–Crippen MR) is 70.5 cm³/mol. The summed E-state index contributed by atoms with van der Waals surface area (Å²) in [6.07, 6.45) is 1.61. The number of nitrogens with zero attached hydrogens (tertiary/aromatic N) is 1. The van der Waals surface area contributed by atoms with Crippen LogP contribution in [0.15, 0.2) is 11.8 Å². The van der Waals surface area contributed by atoms with Crippen molar-refractivity contribution in [2.75, 3.05) is 31.3 Å². The molecule has 1 unspecified atom stereocenters. The summed E-state index contributed by atoms with van der Waals surface area (Å²) in [6.45, 7) is 5.86. The van der Waals surface area contributed by atoms with Gasteiger partial charge >= 0.3 is 0 Å². The van der Waals surface area contributed by atoms with Crippen LogP contribution < -0.4 is 5.73 Å². The number of nitrogens with two attached hydrogens (primary N) is 1. The van der Waals surface area contributed by atoms with Crippen molar-refractivity contribution in [3.8, 4) is 0 Å². The normalized spacial score (nSPS) is 23.5. The maximum Gasteiger partial charge on any atom is 0.122 e. The highest BCUT2D eigenvalue weighted by Crippen LogP contribution is 2.07. The molecule has 1 saturated heterocycles. The van der Waals surface area contributed by atoms with E-state index in [9.17, 15) is 4.21 Å². The second kappa shape index (κ2) is 6.76. The smallest absolute Gasteiger partial charge is 0.122 e. The van der Waals surface area contributed by atoms with Crippen LogP contribution in [0.2, 0.25) is 0 Å². The molecule has 3 N–H and O–H groups in total. The zero-order valence-electron chi connectivity index (χ0n) is 10.4. The molecule has 1 aliphatic heterocycles. The lowest BCUT2D eigenvalue weighted by Gasteiger charge is -2.34. The van der Waals surface area contributed by atoms with Crippen LogP contribution in [-0.2, 0) is 15.5 Å². The molecule has 0 aromatic carbocycles. The Morgan fingerprint density at radius 3 is 3.00 bits per heavy atom. The van der Waals surface area contributed by atoms with E-state index in [4.69, 9.17) is 15.9 Å². The SMILES string of the molecule is CCS(=O)C/C(N)=C/C(=N)N1CCOC[C@@H]1C. The Morgan fingerprint density at radius 2 is 2.41 bits per heavy atom. The highest BCUT2D eigenvalue weighted by atomic mass is 32.2. The van der Waals surface area contributed by atoms with Crippen molar-refractivity contribution < 1.29 is 8.95 Å². The van der Waals surface area contributed by atoms with Crippen molar-refractivity contribution in [3.63, 3.8) is 0 Å². The van der Waals surface area contributed by atoms with Crippen LogP contribution in [0, 0.1) is 5.41 Å². The van der Waals surface area contributed by atoms with Gasteiger partial charge in [0.25, 0.3) is 0 Å². The van der Waals surface area contributed by atoms with Gasteiger partial charge in [0, 0.05) is 28.8 Å². The molecule has 5 nitrogen and oxygen atoms in total. The largest absolute Gasteiger partial charge is 0.401 e. The monoisotopic (exact) mass is 259 g/mol. The predicted octanol–water partition coefficient (Wildman–Crippen LogP) is 0.296. The van der Waals surface area contributed by atoms with E-state index in [0.29, 0.717) is 42.8 Å². The Balaban J connectivity index is 2.57. The minimum Gasteiger partial charge on any atom is -0.401 e. The third-order valence-electron chi connectivity index (χ3n) is 2.65. The summed E-state index contributed by atoms with van der Waals surface area (Å²) in [7, 11) is -0.920. The van der Waals surface area contributed by atoms with E-state index >= 15 is 0 Å². The van der Waals surface area contributed by atoms with Gasteiger partial charge in [-0.1, -0.05) is 6.92 Å². The molecule has 2 atom stereocenters. The maximum absolute atomic E-state index is 11.3. The third kappa shape index (κ3) is 4.47. The van der Waals surface area contributed by atoms with Gasteiger partial charge in [0.2, 0.25) is 0 Å². The second-order valence-electron chi connectivity index (χ2n) is 4.09. The number of ether oxygens (including phenoxy) is 1. The lowest BCUT2D eigenvalue weighted by molar-refractivity contribution is 0.0333. The molecule has 0 radical (unpaired) electrons. The number of rotatable bonds is 4. The number of morpholine rings is 1. The average molecular weight is 259 g/mol. The first-order valence-corrected chi connectivity index (χ1v) is 7.27. The van der Waals surface area contributed by atoms with Crippen molar-refractivity contribution >= 4 is 16.6 Å². The summed E-state index contributed by atoms with van der Waals surface area (Å²) in [5.41, 5.74) is 6.28. The number of nitrogens with one attached hydrogen (secondary N) is 1. The van der Waals surface area contributed by atoms with Crippen molar-refractivity contribution in [1.29, 1.82) is 5.41 Å². The number of amidine groups is 1. The zero-order valence-corrected chi connectivity index (χ0v) is 11.3. The van der Waals surface area contributed by atoms with Crippen LogP contribution in [0.5, 0.6) is 0 Å². The van der Waals surface area contributed by atoms with Crippen LogP contribution in [0.4, 0.5) is 0 Å². The second-order valence-corrected chi connectivity index (χ2v) is 5.84. The molecular formula is C11H21N3O2S. The molecule has 0 bridgehead atoms. The Kier molecular flexibility index (Phi) is 5.64. The highest BCUT2D eigenvalue weighted by Gasteiger charge is 2.20. The molecule has 1 fully saturated rings. The summed E-state index contributed by atoms with van der Waals surface area (Å²) in [5, 5.41) is 7.96. The molecule has 1 heterocycles. The summed E-state index contributed by atoms with van der Waals surface area (Å²) in [5.74, 6) is 1.32. The first kappa shape index (κ1) is 14.2. The van der Waals surface area contributed by atoms with Gasteiger partial charge in [-0.2, -0.15) is 0 Å². The minimum atomic E-state index is -0.920. The van der Waals surface area contributed by atoms with E-state index < -0.39 is 10.8 Å². The van der Waals surface area contributed by atoms with Gasteiger partial charge in [-0.05, 0) is 13.0 Å². The quantitative estimate of drug-likeness (QED) is 0.562. The first-order valence-electron chi connectivity index (χ1n) is 5.78. The topological polar surface area (TPSA) is 79.4 Å². The number of hydrogen-bond donors (Lipinski definition) is 2. The van der Waals surface area contributed by atoms with E-state index in [1.807, 2.05) is 18.7 Å². The van der Waals surface area contributed by atoms with Gasteiger partial charge in [-0.25, -0.2) is 0 Å². The molecule has 0 saturated carbocycles. The van der Waals surface area contributed by atoms with Crippen molar-refractivity contribution in [2.24, 2.45) is 5.73 Å². The molecular weight excluding hydrogens is 238 g/mol. The van der Waals surface area contributed by atoms with Gasteiger partial charge in [0.05, 0.1) is 25.0 Å². The minimum absolute atomic E-state index is 0.192. The van der Waals surface area contributed by atoms with Crippen LogP contribution >= 0.6 is 0 Å². The molecule has 0 aliphatic carbocycles. The van der Waals surface area contributed by atoms with Gasteiger partial charge in [-0.15, -0.1) is 0 Å². The fourth-order valence-corrected chi connectivity index (χ4v) is 2.33. The fraction of sp³-hybridized carbons (Fsp3) is 0.727. The van der Waals surface area contributed by atoms with Gasteiger partial charge in [0.15, 0.2) is 0 Å². The van der Waals surface area contributed by atoms with E-state index in [1.165, 1.54) is 0 Å². The molecule has 0 aromatic rings. The Bertz CT molecular complexity index is 331. The van der Waals surface area contributed by atoms with E-state index in [-0.39, 0.29) is 6.04 Å². The van der Waals surface area contributed by atoms with Crippen molar-refractivity contribution in [2.45, 2.75) is 19.9 Å². The summed E-state index contributed by atoms with van der Waals surface area (Å²) in [6, 6.07) is 0.192. The number of hydrogen-bond acceptors (Lipinski definition) is 4. The van der Waals surface area contributed by atoms with E-state index in [2.05, 4.69) is 0 Å². The van der Waals surface area contributed by atoms with Gasteiger partial charge < -0.3 is 15.4 Å². The van der Waals surface area contributed by atoms with E-state index in [1.54, 1.807) is 6.08 Å². The van der Waals surface area contributed by atoms with Crippen molar-refractivity contribution in [3.05, 3.63) is 11.8 Å². The zero-order chi connectivity index (χ0) is 12.8. The van der Waals surface area contributed by atoms with Gasteiger partial charge in [0.1, 0.15) is 5.84 Å². The molecule has 6 heteroatoms. The summed E-state index contributed by atoms with van der Waals surface area (Å²) in [4.78, 5) is 1.95. The first-order chi connectivity index (χ1) is 8.04. The molecule has 0 spiro atoms. The standard InChI is InChI=1S/C11H21N3O2S/c1-3-17(15)8-10(12)6-11(13)14-4-5-16-7-9(14)2/h6,9,13H,3-5,7-8,12H2,1-2H3/b10-6-,13-11?/t9-,17?/m0/s1. The Hall–Kier alpha value is -0.880. The van der Waals surface area contributed by atoms with Crippen molar-refractivity contribution in [1.82, 2.24) is 4.90 Å². The fourth-order valence-electron chi connectivity index (χ4n) is 1.67. The lowest BCUT2D eigenvalue weighted by Crippen LogP contribution is -2.46. The van der Waals surface area contributed by atoms with Crippen LogP contribution in [0.25, 0.3) is 0 Å².